The number of nitrogens with one attached hydrogen (secondary N) is 1. The zero-order valence-electron chi connectivity index (χ0n) is 14.2. The molecule has 1 heterocycles. The molecule has 1 amide bonds. The molecule has 25 heavy (non-hydrogen) atoms. The van der Waals surface area contributed by atoms with Crippen molar-refractivity contribution in [1.82, 2.24) is 5.32 Å². The maximum atomic E-state index is 12.4. The zero-order valence-corrected chi connectivity index (χ0v) is 14.9. The quantitative estimate of drug-likeness (QED) is 0.854. The molecule has 0 unspecified atom stereocenters. The van der Waals surface area contributed by atoms with E-state index in [4.69, 9.17) is 25.8 Å². The van der Waals surface area contributed by atoms with Crippen LogP contribution in [-0.4, -0.2) is 24.8 Å². The molecule has 6 heteroatoms. The molecular weight excluding hydrogens is 342 g/mol. The summed E-state index contributed by atoms with van der Waals surface area (Å²) < 4.78 is 16.4. The number of benzene rings is 2. The van der Waals surface area contributed by atoms with Gasteiger partial charge < -0.3 is 19.5 Å². The number of amides is 1. The third-order valence-corrected chi connectivity index (χ3v) is 4.12. The van der Waals surface area contributed by atoms with Gasteiger partial charge in [0.25, 0.3) is 5.91 Å². The topological polar surface area (TPSA) is 56.8 Å². The van der Waals surface area contributed by atoms with E-state index >= 15 is 0 Å². The van der Waals surface area contributed by atoms with Gasteiger partial charge in [-0.15, -0.1) is 0 Å². The van der Waals surface area contributed by atoms with E-state index in [-0.39, 0.29) is 12.7 Å². The van der Waals surface area contributed by atoms with Gasteiger partial charge in [0.15, 0.2) is 17.1 Å². The van der Waals surface area contributed by atoms with Crippen LogP contribution in [0.5, 0.6) is 17.2 Å². The van der Waals surface area contributed by atoms with E-state index in [0.717, 1.165) is 17.1 Å². The maximum absolute atomic E-state index is 12.4. The van der Waals surface area contributed by atoms with Crippen molar-refractivity contribution in [2.24, 2.45) is 0 Å². The van der Waals surface area contributed by atoms with Crippen molar-refractivity contribution in [3.63, 3.8) is 0 Å². The first-order chi connectivity index (χ1) is 11.9. The maximum Gasteiger partial charge on any atom is 0.263 e. The molecule has 0 atom stereocenters. The summed E-state index contributed by atoms with van der Waals surface area (Å²) in [7, 11) is 0. The molecule has 0 fully saturated rings. The van der Waals surface area contributed by atoms with Gasteiger partial charge in [0.05, 0.1) is 0 Å². The minimum atomic E-state index is -0.983. The van der Waals surface area contributed by atoms with Crippen molar-refractivity contribution in [1.29, 1.82) is 0 Å². The van der Waals surface area contributed by atoms with Crippen molar-refractivity contribution in [2.75, 3.05) is 13.3 Å². The summed E-state index contributed by atoms with van der Waals surface area (Å²) in [5.74, 6) is 1.92. The number of carbonyl (C=O) groups is 1. The number of rotatable bonds is 6. The van der Waals surface area contributed by atoms with Crippen LogP contribution >= 0.6 is 11.6 Å². The minimum Gasteiger partial charge on any atom is -0.478 e. The van der Waals surface area contributed by atoms with E-state index in [0.29, 0.717) is 23.7 Å². The average Bonchev–Trinajstić information content (AvgIpc) is 3.04. The van der Waals surface area contributed by atoms with Gasteiger partial charge in [-0.3, -0.25) is 4.79 Å². The fraction of sp³-hybridized carbons (Fsp3) is 0.316. The molecule has 132 valence electrons. The van der Waals surface area contributed by atoms with E-state index in [1.807, 2.05) is 18.2 Å². The number of hydrogen-bond donors (Lipinski definition) is 1. The van der Waals surface area contributed by atoms with Gasteiger partial charge in [-0.05, 0) is 62.2 Å². The van der Waals surface area contributed by atoms with Crippen LogP contribution in [-0.2, 0) is 11.2 Å². The van der Waals surface area contributed by atoms with E-state index < -0.39 is 5.60 Å². The van der Waals surface area contributed by atoms with Crippen LogP contribution in [0, 0.1) is 0 Å². The van der Waals surface area contributed by atoms with Crippen molar-refractivity contribution in [3.05, 3.63) is 53.1 Å². The molecule has 0 aromatic heterocycles. The molecule has 0 saturated carbocycles. The molecule has 2 aromatic rings. The van der Waals surface area contributed by atoms with Gasteiger partial charge in [-0.25, -0.2) is 0 Å². The molecular formula is C19H20ClNO4. The molecule has 1 aliphatic rings. The highest BCUT2D eigenvalue weighted by Crippen LogP contribution is 2.32. The summed E-state index contributed by atoms with van der Waals surface area (Å²) in [4.78, 5) is 12.4. The Kier molecular flexibility index (Phi) is 5.04. The highest BCUT2D eigenvalue weighted by atomic mass is 35.5. The lowest BCUT2D eigenvalue weighted by molar-refractivity contribution is -0.134. The number of fused-ring (bicyclic) bond motifs is 1. The van der Waals surface area contributed by atoms with Gasteiger partial charge in [0.1, 0.15) is 5.75 Å². The zero-order chi connectivity index (χ0) is 17.9. The highest BCUT2D eigenvalue weighted by molar-refractivity contribution is 6.30. The number of halogens is 1. The van der Waals surface area contributed by atoms with Crippen LogP contribution < -0.4 is 19.5 Å². The molecule has 3 rings (SSSR count). The molecule has 0 saturated heterocycles. The van der Waals surface area contributed by atoms with Gasteiger partial charge in [0.2, 0.25) is 6.79 Å². The monoisotopic (exact) mass is 361 g/mol. The predicted octanol–water partition coefficient (Wildman–Crippen LogP) is 3.59. The van der Waals surface area contributed by atoms with Crippen molar-refractivity contribution in [3.8, 4) is 17.2 Å². The Morgan fingerprint density at radius 3 is 2.64 bits per heavy atom. The molecule has 2 aromatic carbocycles. The fourth-order valence-corrected chi connectivity index (χ4v) is 2.60. The van der Waals surface area contributed by atoms with Crippen molar-refractivity contribution < 1.29 is 19.0 Å². The number of carbonyl (C=O) groups excluding carboxylic acids is 1. The summed E-state index contributed by atoms with van der Waals surface area (Å²) in [6, 6.07) is 12.7. The lowest BCUT2D eigenvalue weighted by Crippen LogP contribution is -2.47. The Morgan fingerprint density at radius 1 is 1.16 bits per heavy atom. The van der Waals surface area contributed by atoms with Gasteiger partial charge in [-0.2, -0.15) is 0 Å². The Morgan fingerprint density at radius 2 is 1.88 bits per heavy atom. The normalized spacial score (nSPS) is 12.8. The minimum absolute atomic E-state index is 0.178. The second kappa shape index (κ2) is 7.23. The smallest absolute Gasteiger partial charge is 0.263 e. The Hall–Kier alpha value is -2.40. The lowest BCUT2D eigenvalue weighted by atomic mass is 10.1. The largest absolute Gasteiger partial charge is 0.478 e. The highest BCUT2D eigenvalue weighted by Gasteiger charge is 2.29. The first-order valence-corrected chi connectivity index (χ1v) is 8.43. The Balaban J connectivity index is 1.51. The van der Waals surface area contributed by atoms with E-state index in [1.165, 1.54) is 0 Å². The molecule has 0 radical (unpaired) electrons. The van der Waals surface area contributed by atoms with Crippen LogP contribution in [0.4, 0.5) is 0 Å². The number of hydrogen-bond acceptors (Lipinski definition) is 4. The molecule has 5 nitrogen and oxygen atoms in total. The summed E-state index contributed by atoms with van der Waals surface area (Å²) in [6.07, 6.45) is 0.694. The van der Waals surface area contributed by atoms with Gasteiger partial charge >= 0.3 is 0 Å². The molecule has 0 aliphatic carbocycles. The molecule has 1 N–H and O–H groups in total. The van der Waals surface area contributed by atoms with E-state index in [1.54, 1.807) is 38.1 Å². The second-order valence-electron chi connectivity index (χ2n) is 6.26. The van der Waals surface area contributed by atoms with E-state index in [9.17, 15) is 4.79 Å². The first-order valence-electron chi connectivity index (χ1n) is 8.05. The van der Waals surface area contributed by atoms with Crippen LogP contribution in [0.1, 0.15) is 19.4 Å². The van der Waals surface area contributed by atoms with Crippen LogP contribution in [0.25, 0.3) is 0 Å². The summed E-state index contributed by atoms with van der Waals surface area (Å²) >= 11 is 5.86. The van der Waals surface area contributed by atoms with Crippen molar-refractivity contribution in [2.45, 2.75) is 25.9 Å². The van der Waals surface area contributed by atoms with Gasteiger partial charge in [0, 0.05) is 11.6 Å². The van der Waals surface area contributed by atoms with Crippen LogP contribution in [0.15, 0.2) is 42.5 Å². The molecule has 1 aliphatic heterocycles. The average molecular weight is 362 g/mol. The lowest BCUT2D eigenvalue weighted by Gasteiger charge is -2.25. The molecule has 0 spiro atoms. The first kappa shape index (κ1) is 17.4. The molecule has 0 bridgehead atoms. The Labute approximate surface area is 151 Å². The SMILES string of the molecule is CC(C)(Oc1ccc(Cl)cc1)C(=O)NCCc1ccc2c(c1)OCO2. The standard InChI is InChI=1S/C19H20ClNO4/c1-19(2,25-15-6-4-14(20)5-7-15)18(22)21-10-9-13-3-8-16-17(11-13)24-12-23-16/h3-8,11H,9-10,12H2,1-2H3,(H,21,22). The number of ether oxygens (including phenoxy) is 3. The Bertz CT molecular complexity index is 759. The third-order valence-electron chi connectivity index (χ3n) is 3.87. The third kappa shape index (κ3) is 4.37. The second-order valence-corrected chi connectivity index (χ2v) is 6.70. The summed E-state index contributed by atoms with van der Waals surface area (Å²) in [6.45, 7) is 4.23. The summed E-state index contributed by atoms with van der Waals surface area (Å²) in [5, 5.41) is 3.53. The van der Waals surface area contributed by atoms with Crippen LogP contribution in [0.2, 0.25) is 5.02 Å². The van der Waals surface area contributed by atoms with Gasteiger partial charge in [-0.1, -0.05) is 17.7 Å². The van der Waals surface area contributed by atoms with Crippen molar-refractivity contribution >= 4 is 17.5 Å². The fourth-order valence-electron chi connectivity index (χ4n) is 2.47. The summed E-state index contributed by atoms with van der Waals surface area (Å²) in [5.41, 5.74) is 0.0869. The van der Waals surface area contributed by atoms with E-state index in [2.05, 4.69) is 5.32 Å². The predicted molar refractivity (Wildman–Crippen MR) is 95.4 cm³/mol. The van der Waals surface area contributed by atoms with Crippen LogP contribution in [0.3, 0.4) is 0 Å².